The van der Waals surface area contributed by atoms with Crippen molar-refractivity contribution in [3.05, 3.63) is 64.9 Å². The zero-order chi connectivity index (χ0) is 24.4. The van der Waals surface area contributed by atoms with Crippen LogP contribution in [0.15, 0.2) is 48.1 Å². The molecule has 1 saturated heterocycles. The van der Waals surface area contributed by atoms with E-state index < -0.39 is 0 Å². The summed E-state index contributed by atoms with van der Waals surface area (Å²) >= 11 is 0. The molecule has 0 spiro atoms. The molecule has 1 aromatic carbocycles. The Morgan fingerprint density at radius 2 is 1.88 bits per heavy atom. The average molecular weight is 460 g/mol. The number of hydrogen-bond donors (Lipinski definition) is 2. The molecule has 1 aliphatic carbocycles. The summed E-state index contributed by atoms with van der Waals surface area (Å²) in [4.78, 5) is 17.8. The van der Waals surface area contributed by atoms with Crippen LogP contribution in [0, 0.1) is 5.92 Å². The second kappa shape index (κ2) is 10.4. The number of carbonyl (C=O) groups excluding carboxylic acids is 1. The first-order valence-corrected chi connectivity index (χ1v) is 12.9. The highest BCUT2D eigenvalue weighted by molar-refractivity contribution is 5.92. The quantitative estimate of drug-likeness (QED) is 0.441. The predicted molar refractivity (Wildman–Crippen MR) is 144 cm³/mol. The van der Waals surface area contributed by atoms with Crippen LogP contribution in [-0.4, -0.2) is 42.5 Å². The van der Waals surface area contributed by atoms with E-state index >= 15 is 0 Å². The molecule has 182 valence electrons. The Morgan fingerprint density at radius 3 is 2.47 bits per heavy atom. The van der Waals surface area contributed by atoms with Crippen LogP contribution in [0.3, 0.4) is 0 Å². The molecule has 2 aliphatic rings. The van der Waals surface area contributed by atoms with Crippen LogP contribution in [-0.2, 0) is 4.79 Å². The number of aromatic nitrogens is 1. The van der Waals surface area contributed by atoms with Crippen LogP contribution in [0.1, 0.15) is 82.0 Å². The summed E-state index contributed by atoms with van der Waals surface area (Å²) < 4.78 is 0. The van der Waals surface area contributed by atoms with E-state index in [1.54, 1.807) is 7.05 Å². The van der Waals surface area contributed by atoms with Gasteiger partial charge in [0.2, 0.25) is 5.91 Å². The Bertz CT molecular complexity index is 1120. The fourth-order valence-corrected chi connectivity index (χ4v) is 5.37. The molecule has 0 bridgehead atoms. The Balaban J connectivity index is 1.66. The molecule has 1 aromatic heterocycles. The van der Waals surface area contributed by atoms with Gasteiger partial charge in [-0.3, -0.25) is 9.69 Å². The lowest BCUT2D eigenvalue weighted by Gasteiger charge is -2.31. The van der Waals surface area contributed by atoms with Gasteiger partial charge in [0.15, 0.2) is 0 Å². The van der Waals surface area contributed by atoms with Crippen LogP contribution in [0.25, 0.3) is 16.5 Å². The van der Waals surface area contributed by atoms with Gasteiger partial charge < -0.3 is 10.3 Å². The number of hydrogen-bond acceptors (Lipinski definition) is 2. The molecule has 1 saturated carbocycles. The Morgan fingerprint density at radius 1 is 1.18 bits per heavy atom. The Hall–Kier alpha value is -2.59. The highest BCUT2D eigenvalue weighted by Crippen LogP contribution is 2.40. The van der Waals surface area contributed by atoms with Crippen molar-refractivity contribution >= 4 is 22.4 Å². The number of amides is 1. The van der Waals surface area contributed by atoms with Crippen molar-refractivity contribution in [1.29, 1.82) is 0 Å². The number of H-pyrrole nitrogens is 1. The number of aromatic amines is 1. The van der Waals surface area contributed by atoms with E-state index in [1.807, 2.05) is 0 Å². The maximum Gasteiger partial charge on any atom is 0.233 e. The highest BCUT2D eigenvalue weighted by atomic mass is 16.1. The van der Waals surface area contributed by atoms with Crippen LogP contribution < -0.4 is 5.32 Å². The number of nitrogens with zero attached hydrogens (tertiary/aromatic N) is 1. The van der Waals surface area contributed by atoms with E-state index in [9.17, 15) is 4.79 Å². The maximum atomic E-state index is 11.7. The molecule has 34 heavy (non-hydrogen) atoms. The zero-order valence-corrected chi connectivity index (χ0v) is 21.6. The number of nitrogens with one attached hydrogen (secondary N) is 2. The zero-order valence-electron chi connectivity index (χ0n) is 21.6. The van der Waals surface area contributed by atoms with Crippen molar-refractivity contribution in [3.63, 3.8) is 0 Å². The molecule has 0 radical (unpaired) electrons. The van der Waals surface area contributed by atoms with Gasteiger partial charge in [0.25, 0.3) is 0 Å². The average Bonchev–Trinajstić information content (AvgIpc) is 3.58. The molecular weight excluding hydrogens is 418 g/mol. The van der Waals surface area contributed by atoms with Gasteiger partial charge in [-0.05, 0) is 99.2 Å². The molecule has 0 atom stereocenters. The van der Waals surface area contributed by atoms with E-state index in [0.29, 0.717) is 18.4 Å². The maximum absolute atomic E-state index is 11.7. The molecule has 4 rings (SSSR count). The van der Waals surface area contributed by atoms with Gasteiger partial charge in [-0.15, -0.1) is 0 Å². The van der Waals surface area contributed by atoms with E-state index in [-0.39, 0.29) is 5.91 Å². The molecule has 1 aliphatic heterocycles. The van der Waals surface area contributed by atoms with Crippen molar-refractivity contribution in [3.8, 4) is 0 Å². The summed E-state index contributed by atoms with van der Waals surface area (Å²) in [6.45, 7) is 15.6. The second-order valence-corrected chi connectivity index (χ2v) is 10.7. The topological polar surface area (TPSA) is 48.1 Å². The minimum Gasteiger partial charge on any atom is -0.358 e. The molecule has 2 fully saturated rings. The minimum atomic E-state index is 0.103. The van der Waals surface area contributed by atoms with Gasteiger partial charge in [-0.1, -0.05) is 49.8 Å². The Labute approximate surface area is 205 Å². The number of allylic oxidation sites excluding steroid dienone is 5. The molecule has 2 heterocycles. The van der Waals surface area contributed by atoms with E-state index in [0.717, 1.165) is 37.4 Å². The summed E-state index contributed by atoms with van der Waals surface area (Å²) in [5.74, 6) is 1.81. The first kappa shape index (κ1) is 24.5. The summed E-state index contributed by atoms with van der Waals surface area (Å²) in [5.41, 5.74) is 9.09. The molecule has 2 aromatic rings. The molecule has 4 nitrogen and oxygen atoms in total. The summed E-state index contributed by atoms with van der Waals surface area (Å²) in [5, 5.41) is 4.09. The third-order valence-electron chi connectivity index (χ3n) is 7.44. The van der Waals surface area contributed by atoms with Gasteiger partial charge in [0.1, 0.15) is 0 Å². The summed E-state index contributed by atoms with van der Waals surface area (Å²) in [6, 6.07) is 7.01. The van der Waals surface area contributed by atoms with Gasteiger partial charge in [-0.2, -0.15) is 0 Å². The fourth-order valence-electron chi connectivity index (χ4n) is 5.37. The van der Waals surface area contributed by atoms with Crippen molar-refractivity contribution in [2.45, 2.75) is 65.2 Å². The number of benzene rings is 1. The smallest absolute Gasteiger partial charge is 0.233 e. The number of fused-ring (bicyclic) bond motifs is 1. The highest BCUT2D eigenvalue weighted by Gasteiger charge is 2.25. The number of rotatable bonds is 8. The number of likely N-dealkylation sites (tertiary alicyclic amines) is 1. The molecule has 1 amide bonds. The third kappa shape index (κ3) is 5.55. The number of piperidine rings is 1. The summed E-state index contributed by atoms with van der Waals surface area (Å²) in [7, 11) is 1.71. The third-order valence-corrected chi connectivity index (χ3v) is 7.44. The number of carbonyl (C=O) groups is 1. The van der Waals surface area contributed by atoms with E-state index in [4.69, 9.17) is 0 Å². The minimum absolute atomic E-state index is 0.103. The largest absolute Gasteiger partial charge is 0.358 e. The summed E-state index contributed by atoms with van der Waals surface area (Å²) in [6.07, 6.45) is 9.44. The van der Waals surface area contributed by atoms with Gasteiger partial charge in [-0.25, -0.2) is 0 Å². The van der Waals surface area contributed by atoms with Gasteiger partial charge in [0.05, 0.1) is 6.54 Å². The fraction of sp³-hybridized carbons (Fsp3) is 0.500. The van der Waals surface area contributed by atoms with Gasteiger partial charge >= 0.3 is 0 Å². The van der Waals surface area contributed by atoms with E-state index in [1.165, 1.54) is 51.7 Å². The predicted octanol–water partition coefficient (Wildman–Crippen LogP) is 6.53. The van der Waals surface area contributed by atoms with Crippen LogP contribution in [0.5, 0.6) is 0 Å². The normalized spacial score (nSPS) is 18.6. The SMILES string of the molecule is C=C(C)/C=C(\C=C(C)C1CC1)c1[nH]c2ccc(C3CCN(CC(=O)NC)CC3)cc2c1C(C)C. The molecule has 4 heteroatoms. The van der Waals surface area contributed by atoms with Crippen LogP contribution in [0.2, 0.25) is 0 Å². The first-order valence-electron chi connectivity index (χ1n) is 12.9. The lowest BCUT2D eigenvalue weighted by molar-refractivity contribution is -0.122. The van der Waals surface area contributed by atoms with Gasteiger partial charge in [0, 0.05) is 23.6 Å². The first-order chi connectivity index (χ1) is 16.3. The van der Waals surface area contributed by atoms with Crippen molar-refractivity contribution < 1.29 is 4.79 Å². The van der Waals surface area contributed by atoms with E-state index in [2.05, 4.69) is 79.8 Å². The van der Waals surface area contributed by atoms with Crippen LogP contribution >= 0.6 is 0 Å². The van der Waals surface area contributed by atoms with Crippen molar-refractivity contribution in [1.82, 2.24) is 15.2 Å². The lowest BCUT2D eigenvalue weighted by atomic mass is 9.87. The van der Waals surface area contributed by atoms with Crippen molar-refractivity contribution in [2.24, 2.45) is 5.92 Å². The standard InChI is InChI=1S/C30H41N3O/c1-19(2)15-25(16-21(5)22-7-8-22)30-29(20(3)4)26-17-24(9-10-27(26)32-30)23-11-13-33(14-12-23)18-28(34)31-6/h9-10,15-17,20,22-23,32H,1,7-8,11-14,18H2,2-6H3,(H,31,34)/b21-16?,25-15+. The van der Waals surface area contributed by atoms with Crippen molar-refractivity contribution in [2.75, 3.05) is 26.7 Å². The Kier molecular flexibility index (Phi) is 7.47. The molecule has 0 unspecified atom stereocenters. The lowest BCUT2D eigenvalue weighted by Crippen LogP contribution is -2.40. The monoisotopic (exact) mass is 459 g/mol. The second-order valence-electron chi connectivity index (χ2n) is 10.7. The molecule has 2 N–H and O–H groups in total. The van der Waals surface area contributed by atoms with Crippen LogP contribution in [0.4, 0.5) is 0 Å². The molecular formula is C30H41N3O. The number of likely N-dealkylation sites (N-methyl/N-ethyl adjacent to an activating group) is 1.